The lowest BCUT2D eigenvalue weighted by Crippen LogP contribution is -2.42. The van der Waals surface area contributed by atoms with E-state index in [2.05, 4.69) is 35.7 Å². The molecule has 0 amide bonds. The smallest absolute Gasteiger partial charge is 0.336 e. The van der Waals surface area contributed by atoms with E-state index in [0.29, 0.717) is 0 Å². The predicted molar refractivity (Wildman–Crippen MR) is 78.9 cm³/mol. The molecule has 1 aromatic carbocycles. The quantitative estimate of drug-likeness (QED) is 0.656. The van der Waals surface area contributed by atoms with E-state index in [1.165, 1.54) is 10.1 Å². The Balaban J connectivity index is 0.000000231. The molecule has 0 bridgehead atoms. The minimum Gasteiger partial charge on any atom is -0.481 e. The normalized spacial score (nSPS) is 10.6. The average Bonchev–Trinajstić information content (AvgIpc) is 2.85. The number of hydrogen-bond acceptors (Lipinski definition) is 5. The summed E-state index contributed by atoms with van der Waals surface area (Å²) < 4.78 is 1.37. The Labute approximate surface area is 129 Å². The summed E-state index contributed by atoms with van der Waals surface area (Å²) in [4.78, 5) is 30.5. The molecule has 0 radical (unpaired) electrons. The number of benzene rings is 1. The monoisotopic (exact) mass is 326 g/mol. The lowest BCUT2D eigenvalue weighted by Gasteiger charge is -2.18. The van der Waals surface area contributed by atoms with Crippen LogP contribution in [0.1, 0.15) is 12.8 Å². The molecular formula is C14H14O7S. The first-order chi connectivity index (χ1) is 10.2. The first-order valence-electron chi connectivity index (χ1n) is 6.06. The second-order valence-corrected chi connectivity index (χ2v) is 5.38. The van der Waals surface area contributed by atoms with E-state index in [9.17, 15) is 14.4 Å². The molecule has 0 aliphatic carbocycles. The Hall–Kier alpha value is -2.45. The van der Waals surface area contributed by atoms with Crippen LogP contribution >= 0.6 is 11.3 Å². The third-order valence-corrected chi connectivity index (χ3v) is 3.54. The van der Waals surface area contributed by atoms with E-state index in [-0.39, 0.29) is 0 Å². The van der Waals surface area contributed by atoms with E-state index >= 15 is 0 Å². The van der Waals surface area contributed by atoms with Gasteiger partial charge in [0.15, 0.2) is 5.60 Å². The SMILES string of the molecule is O=C(O)CC(O)(CC(=O)O)C(=O)O.c1ccc2sccc2c1. The summed E-state index contributed by atoms with van der Waals surface area (Å²) in [6.07, 6.45) is -2.29. The number of hydrogen-bond donors (Lipinski definition) is 4. The molecule has 0 fully saturated rings. The van der Waals surface area contributed by atoms with Gasteiger partial charge in [-0.25, -0.2) is 4.79 Å². The van der Waals surface area contributed by atoms with Crippen molar-refractivity contribution in [1.82, 2.24) is 0 Å². The van der Waals surface area contributed by atoms with Crippen molar-refractivity contribution in [3.63, 3.8) is 0 Å². The van der Waals surface area contributed by atoms with Gasteiger partial charge < -0.3 is 20.4 Å². The molecule has 0 atom stereocenters. The third-order valence-electron chi connectivity index (χ3n) is 2.65. The van der Waals surface area contributed by atoms with Gasteiger partial charge in [0.05, 0.1) is 12.8 Å². The zero-order valence-corrected chi connectivity index (χ0v) is 12.1. The molecule has 2 aromatic rings. The second kappa shape index (κ2) is 7.53. The van der Waals surface area contributed by atoms with Crippen LogP contribution in [-0.4, -0.2) is 43.9 Å². The Morgan fingerprint density at radius 2 is 1.50 bits per heavy atom. The topological polar surface area (TPSA) is 132 Å². The van der Waals surface area contributed by atoms with Crippen LogP contribution in [0.3, 0.4) is 0 Å². The molecule has 2 rings (SSSR count). The number of carbonyl (C=O) groups is 3. The number of aliphatic hydroxyl groups is 1. The van der Waals surface area contributed by atoms with Gasteiger partial charge in [0.25, 0.3) is 0 Å². The number of aliphatic carboxylic acids is 3. The molecule has 4 N–H and O–H groups in total. The molecule has 0 unspecified atom stereocenters. The average molecular weight is 326 g/mol. The van der Waals surface area contributed by atoms with Crippen molar-refractivity contribution in [2.75, 3.05) is 0 Å². The van der Waals surface area contributed by atoms with Gasteiger partial charge in [-0.3, -0.25) is 9.59 Å². The number of carboxylic acid groups (broad SMARTS) is 3. The van der Waals surface area contributed by atoms with Crippen LogP contribution in [-0.2, 0) is 14.4 Å². The number of thiophene rings is 1. The summed E-state index contributed by atoms with van der Waals surface area (Å²) in [5.41, 5.74) is -2.74. The van der Waals surface area contributed by atoms with Gasteiger partial charge in [0.1, 0.15) is 0 Å². The second-order valence-electron chi connectivity index (χ2n) is 4.44. The van der Waals surface area contributed by atoms with E-state index < -0.39 is 36.4 Å². The molecule has 0 spiro atoms. The fourth-order valence-corrected chi connectivity index (χ4v) is 2.41. The van der Waals surface area contributed by atoms with Gasteiger partial charge in [-0.2, -0.15) is 0 Å². The van der Waals surface area contributed by atoms with Crippen LogP contribution in [0.4, 0.5) is 0 Å². The van der Waals surface area contributed by atoms with E-state index in [4.69, 9.17) is 20.4 Å². The van der Waals surface area contributed by atoms with Crippen LogP contribution in [0.15, 0.2) is 35.7 Å². The summed E-state index contributed by atoms with van der Waals surface area (Å²) in [6.45, 7) is 0. The first kappa shape index (κ1) is 17.6. The van der Waals surface area contributed by atoms with Crippen molar-refractivity contribution in [3.05, 3.63) is 35.7 Å². The zero-order chi connectivity index (χ0) is 16.8. The van der Waals surface area contributed by atoms with Gasteiger partial charge in [-0.05, 0) is 22.9 Å². The third kappa shape index (κ3) is 5.15. The minimum atomic E-state index is -2.74. The predicted octanol–water partition coefficient (Wildman–Crippen LogP) is 1.65. The number of rotatable bonds is 5. The maximum absolute atomic E-state index is 10.3. The molecule has 22 heavy (non-hydrogen) atoms. The van der Waals surface area contributed by atoms with Crippen LogP contribution in [0.5, 0.6) is 0 Å². The van der Waals surface area contributed by atoms with Gasteiger partial charge in [-0.15, -0.1) is 11.3 Å². The molecule has 1 heterocycles. The van der Waals surface area contributed by atoms with E-state index in [0.717, 1.165) is 0 Å². The van der Waals surface area contributed by atoms with Crippen LogP contribution in [0.25, 0.3) is 10.1 Å². The summed E-state index contributed by atoms with van der Waals surface area (Å²) >= 11 is 1.79. The van der Waals surface area contributed by atoms with Crippen LogP contribution < -0.4 is 0 Å². The zero-order valence-electron chi connectivity index (χ0n) is 11.3. The van der Waals surface area contributed by atoms with Crippen molar-refractivity contribution in [3.8, 4) is 0 Å². The standard InChI is InChI=1S/C8H6S.C6H8O7/c1-2-4-8-7(3-1)5-6-9-8;7-3(8)1-6(13,5(11)12)2-4(9)10/h1-6H;13H,1-2H2,(H,7,8)(H,9,10)(H,11,12). The molecule has 118 valence electrons. The fraction of sp³-hybridized carbons (Fsp3) is 0.214. The number of fused-ring (bicyclic) bond motifs is 1. The Kier molecular flexibility index (Phi) is 6.02. The molecule has 0 aliphatic rings. The van der Waals surface area contributed by atoms with Crippen molar-refractivity contribution >= 4 is 39.3 Å². The van der Waals surface area contributed by atoms with Gasteiger partial charge in [0, 0.05) is 4.70 Å². The summed E-state index contributed by atoms with van der Waals surface area (Å²) in [6, 6.07) is 10.5. The number of carboxylic acids is 3. The highest BCUT2D eigenvalue weighted by atomic mass is 32.1. The molecule has 0 aliphatic heterocycles. The first-order valence-corrected chi connectivity index (χ1v) is 6.94. The lowest BCUT2D eigenvalue weighted by atomic mass is 9.96. The fourth-order valence-electron chi connectivity index (χ4n) is 1.62. The molecule has 8 heteroatoms. The summed E-state index contributed by atoms with van der Waals surface area (Å²) in [5.74, 6) is -5.02. The Bertz CT molecular complexity index is 630. The van der Waals surface area contributed by atoms with Crippen molar-refractivity contribution in [1.29, 1.82) is 0 Å². The highest BCUT2D eigenvalue weighted by molar-refractivity contribution is 7.17. The summed E-state index contributed by atoms with van der Waals surface area (Å²) in [7, 11) is 0. The van der Waals surface area contributed by atoms with Gasteiger partial charge >= 0.3 is 17.9 Å². The lowest BCUT2D eigenvalue weighted by molar-refractivity contribution is -0.170. The van der Waals surface area contributed by atoms with Crippen LogP contribution in [0.2, 0.25) is 0 Å². The van der Waals surface area contributed by atoms with Crippen molar-refractivity contribution in [2.24, 2.45) is 0 Å². The molecule has 0 saturated carbocycles. The molecular weight excluding hydrogens is 312 g/mol. The molecule has 0 saturated heterocycles. The van der Waals surface area contributed by atoms with Crippen molar-refractivity contribution < 1.29 is 34.8 Å². The highest BCUT2D eigenvalue weighted by Crippen LogP contribution is 2.18. The Morgan fingerprint density at radius 3 is 1.95 bits per heavy atom. The summed E-state index contributed by atoms with van der Waals surface area (Å²) in [5, 5.41) is 37.3. The van der Waals surface area contributed by atoms with Gasteiger partial charge in [-0.1, -0.05) is 18.2 Å². The van der Waals surface area contributed by atoms with Crippen molar-refractivity contribution in [2.45, 2.75) is 18.4 Å². The minimum absolute atomic E-state index is 1.14. The molecule has 7 nitrogen and oxygen atoms in total. The van der Waals surface area contributed by atoms with Gasteiger partial charge in [0.2, 0.25) is 0 Å². The maximum Gasteiger partial charge on any atom is 0.336 e. The maximum atomic E-state index is 10.3. The molecule has 1 aromatic heterocycles. The van der Waals surface area contributed by atoms with E-state index in [1.807, 2.05) is 0 Å². The van der Waals surface area contributed by atoms with E-state index in [1.54, 1.807) is 11.3 Å². The largest absolute Gasteiger partial charge is 0.481 e. The Morgan fingerprint density at radius 1 is 0.955 bits per heavy atom. The highest BCUT2D eigenvalue weighted by Gasteiger charge is 2.40. The van der Waals surface area contributed by atoms with Crippen LogP contribution in [0, 0.1) is 0 Å².